The first-order chi connectivity index (χ1) is 7.63. The van der Waals surface area contributed by atoms with E-state index in [1.165, 1.54) is 11.3 Å². The van der Waals surface area contributed by atoms with Gasteiger partial charge in [0.15, 0.2) is 0 Å². The van der Waals surface area contributed by atoms with E-state index in [0.29, 0.717) is 6.04 Å². The van der Waals surface area contributed by atoms with Crippen LogP contribution in [-0.4, -0.2) is 11.6 Å². The molecule has 2 rings (SSSR count). The molecule has 2 heterocycles. The molecule has 0 aromatic carbocycles. The van der Waals surface area contributed by atoms with Crippen LogP contribution in [0.25, 0.3) is 0 Å². The molecule has 3 nitrogen and oxygen atoms in total. The third kappa shape index (κ3) is 2.30. The van der Waals surface area contributed by atoms with Crippen LogP contribution >= 0.6 is 0 Å². The molecular formula is C13H25N3. The van der Waals surface area contributed by atoms with Crippen LogP contribution in [0.2, 0.25) is 0 Å². The molecular weight excluding hydrogens is 198 g/mol. The third-order valence-electron chi connectivity index (χ3n) is 2.98. The molecule has 3 N–H and O–H groups in total. The minimum Gasteiger partial charge on any atom is -0.381 e. The zero-order valence-corrected chi connectivity index (χ0v) is 10.9. The van der Waals surface area contributed by atoms with Crippen molar-refractivity contribution < 1.29 is 1.43 Å². The molecule has 0 bridgehead atoms. The van der Waals surface area contributed by atoms with Crippen molar-refractivity contribution in [3.63, 3.8) is 0 Å². The maximum absolute atomic E-state index is 3.46. The fraction of sp³-hybridized carbons (Fsp3) is 0.538. The van der Waals surface area contributed by atoms with Crippen molar-refractivity contribution >= 4 is 0 Å². The Balaban J connectivity index is 0.000000811. The number of rotatable bonds is 1. The lowest BCUT2D eigenvalue weighted by atomic mass is 9.89. The Morgan fingerprint density at radius 1 is 1.38 bits per heavy atom. The molecule has 0 aliphatic carbocycles. The van der Waals surface area contributed by atoms with Gasteiger partial charge in [-0.3, -0.25) is 0 Å². The van der Waals surface area contributed by atoms with Crippen molar-refractivity contribution in [1.82, 2.24) is 16.2 Å². The Hall–Kier alpha value is -1.22. The van der Waals surface area contributed by atoms with Crippen molar-refractivity contribution in [2.45, 2.75) is 46.2 Å². The maximum atomic E-state index is 3.46. The largest absolute Gasteiger partial charge is 0.381 e. The molecule has 0 saturated carbocycles. The highest BCUT2D eigenvalue weighted by atomic mass is 15.4. The molecule has 2 aliphatic rings. The van der Waals surface area contributed by atoms with Gasteiger partial charge in [0.2, 0.25) is 0 Å². The molecule has 0 aromatic rings. The lowest BCUT2D eigenvalue weighted by molar-refractivity contribution is 0.443. The van der Waals surface area contributed by atoms with Gasteiger partial charge in [0.05, 0.1) is 5.54 Å². The summed E-state index contributed by atoms with van der Waals surface area (Å²) in [5, 5.41) is 3.46. The van der Waals surface area contributed by atoms with Crippen molar-refractivity contribution in [3.8, 4) is 0 Å². The van der Waals surface area contributed by atoms with Crippen LogP contribution in [0, 0.1) is 0 Å². The monoisotopic (exact) mass is 223 g/mol. The van der Waals surface area contributed by atoms with Crippen LogP contribution in [0.4, 0.5) is 0 Å². The molecule has 0 saturated heterocycles. The van der Waals surface area contributed by atoms with E-state index in [2.05, 4.69) is 55.2 Å². The number of hydrazine groups is 1. The summed E-state index contributed by atoms with van der Waals surface area (Å²) in [7, 11) is 0. The summed E-state index contributed by atoms with van der Waals surface area (Å²) in [6, 6.07) is 0.405. The maximum Gasteiger partial charge on any atom is 0.0959 e. The van der Waals surface area contributed by atoms with Gasteiger partial charge in [0.25, 0.3) is 0 Å². The summed E-state index contributed by atoms with van der Waals surface area (Å²) in [6.07, 6.45) is 8.38. The topological polar surface area (TPSA) is 36.1 Å². The predicted octanol–water partition coefficient (Wildman–Crippen LogP) is 2.46. The van der Waals surface area contributed by atoms with Crippen LogP contribution in [0.5, 0.6) is 0 Å². The minimum absolute atomic E-state index is 0. The summed E-state index contributed by atoms with van der Waals surface area (Å²) in [5.41, 5.74) is 8.73. The van der Waals surface area contributed by atoms with Gasteiger partial charge < -0.3 is 10.7 Å². The number of nitrogens with one attached hydrogen (secondary N) is 3. The normalized spacial score (nSPS) is 31.7. The number of hydrogen-bond acceptors (Lipinski definition) is 3. The lowest BCUT2D eigenvalue weighted by Gasteiger charge is -2.33. The van der Waals surface area contributed by atoms with Gasteiger partial charge in [-0.2, -0.15) is 0 Å². The molecule has 3 heteroatoms. The van der Waals surface area contributed by atoms with Gasteiger partial charge >= 0.3 is 0 Å². The van der Waals surface area contributed by atoms with Gasteiger partial charge in [0.1, 0.15) is 0 Å². The average molecular weight is 223 g/mol. The average Bonchev–Trinajstić information content (AvgIpc) is 2.64. The minimum atomic E-state index is -0.0982. The van der Waals surface area contributed by atoms with E-state index in [0.717, 1.165) is 0 Å². The molecule has 2 unspecified atom stereocenters. The Kier molecular flexibility index (Phi) is 4.19. The van der Waals surface area contributed by atoms with E-state index in [-0.39, 0.29) is 6.97 Å². The second kappa shape index (κ2) is 5.21. The highest BCUT2D eigenvalue weighted by molar-refractivity contribution is 5.38. The molecule has 16 heavy (non-hydrogen) atoms. The van der Waals surface area contributed by atoms with Gasteiger partial charge in [-0.25, -0.2) is 5.43 Å². The Morgan fingerprint density at radius 3 is 2.56 bits per heavy atom. The quantitative estimate of drug-likeness (QED) is 0.639. The second-order valence-electron chi connectivity index (χ2n) is 4.12. The number of dihydropyridines is 1. The first kappa shape index (κ1) is 12.8. The smallest absolute Gasteiger partial charge is 0.0959 e. The van der Waals surface area contributed by atoms with Crippen molar-refractivity contribution in [1.29, 1.82) is 0 Å². The standard InChI is InChI=1S/C11H17N3.C2H6.H2/c1-8-7-12-14-11(8,3)10-6-4-5-9(2)13-10;1-2;/h4-7,9,12-14H,1-3H3;1-2H3;1H. The Labute approximate surface area is 100 Å². The van der Waals surface area contributed by atoms with E-state index in [9.17, 15) is 0 Å². The molecule has 92 valence electrons. The second-order valence-corrected chi connectivity index (χ2v) is 4.12. The van der Waals surface area contributed by atoms with Gasteiger partial charge in [-0.1, -0.05) is 26.0 Å². The summed E-state index contributed by atoms with van der Waals surface area (Å²) < 4.78 is 0. The van der Waals surface area contributed by atoms with Crippen molar-refractivity contribution in [2.75, 3.05) is 0 Å². The fourth-order valence-corrected chi connectivity index (χ4v) is 1.78. The van der Waals surface area contributed by atoms with Crippen LogP contribution in [0.15, 0.2) is 35.7 Å². The van der Waals surface area contributed by atoms with E-state index >= 15 is 0 Å². The highest BCUT2D eigenvalue weighted by Gasteiger charge is 2.34. The first-order valence-electron chi connectivity index (χ1n) is 5.98. The molecule has 2 atom stereocenters. The van der Waals surface area contributed by atoms with Crippen molar-refractivity contribution in [2.24, 2.45) is 0 Å². The zero-order valence-electron chi connectivity index (χ0n) is 10.9. The van der Waals surface area contributed by atoms with E-state index in [1.54, 1.807) is 0 Å². The molecule has 0 spiro atoms. The SMILES string of the molecule is CC.CC1=CNNC1(C)C1=CC=CC(C)N1.[HH]. The predicted molar refractivity (Wildman–Crippen MR) is 71.7 cm³/mol. The van der Waals surface area contributed by atoms with E-state index in [4.69, 9.17) is 0 Å². The van der Waals surface area contributed by atoms with E-state index in [1.807, 2.05) is 20.0 Å². The third-order valence-corrected chi connectivity index (χ3v) is 2.98. The van der Waals surface area contributed by atoms with Gasteiger partial charge in [0, 0.05) is 19.4 Å². The summed E-state index contributed by atoms with van der Waals surface area (Å²) in [4.78, 5) is 0. The fourth-order valence-electron chi connectivity index (χ4n) is 1.78. The summed E-state index contributed by atoms with van der Waals surface area (Å²) in [5.74, 6) is 0. The van der Waals surface area contributed by atoms with Crippen LogP contribution in [-0.2, 0) is 0 Å². The zero-order chi connectivity index (χ0) is 12.2. The van der Waals surface area contributed by atoms with Crippen LogP contribution in [0.1, 0.15) is 36.0 Å². The van der Waals surface area contributed by atoms with Crippen molar-refractivity contribution in [3.05, 3.63) is 35.7 Å². The molecule has 0 radical (unpaired) electrons. The van der Waals surface area contributed by atoms with Gasteiger partial charge in [-0.15, -0.1) is 0 Å². The molecule has 0 amide bonds. The summed E-state index contributed by atoms with van der Waals surface area (Å²) in [6.45, 7) is 10.4. The Morgan fingerprint density at radius 2 is 2.06 bits per heavy atom. The highest BCUT2D eigenvalue weighted by Crippen LogP contribution is 2.27. The van der Waals surface area contributed by atoms with Gasteiger partial charge in [-0.05, 0) is 32.4 Å². The lowest BCUT2D eigenvalue weighted by Crippen LogP contribution is -2.50. The van der Waals surface area contributed by atoms with E-state index < -0.39 is 0 Å². The molecule has 0 aromatic heterocycles. The Bertz CT molecular complexity index is 334. The summed E-state index contributed by atoms with van der Waals surface area (Å²) >= 11 is 0. The number of allylic oxidation sites excluding steroid dienone is 2. The molecule has 0 fully saturated rings. The van der Waals surface area contributed by atoms with Crippen LogP contribution in [0.3, 0.4) is 0 Å². The first-order valence-corrected chi connectivity index (χ1v) is 5.98. The number of hydrogen-bond donors (Lipinski definition) is 3. The molecule has 2 aliphatic heterocycles. The van der Waals surface area contributed by atoms with Crippen LogP contribution < -0.4 is 16.2 Å².